The van der Waals surface area contributed by atoms with Gasteiger partial charge in [-0.05, 0) is 19.9 Å². The van der Waals surface area contributed by atoms with Crippen LogP contribution < -0.4 is 11.1 Å². The minimum atomic E-state index is -0.586. The minimum Gasteiger partial charge on any atom is -0.444 e. The number of nitro benzene ring substituents is 1. The fourth-order valence-electron chi connectivity index (χ4n) is 1.76. The molecule has 0 fully saturated rings. The molecule has 0 bridgehead atoms. The zero-order valence-electron chi connectivity index (χ0n) is 11.5. The molecule has 2 rings (SSSR count). The van der Waals surface area contributed by atoms with Crippen LogP contribution in [-0.2, 0) is 0 Å². The highest BCUT2D eigenvalue weighted by molar-refractivity contribution is 5.99. The molecule has 8 nitrogen and oxygen atoms in total. The number of nitrogens with one attached hydrogen (secondary N) is 1. The van der Waals surface area contributed by atoms with Crippen LogP contribution in [0.15, 0.2) is 28.8 Å². The van der Waals surface area contributed by atoms with Crippen LogP contribution in [-0.4, -0.2) is 15.8 Å². The van der Waals surface area contributed by atoms with Crippen LogP contribution in [0.25, 0.3) is 0 Å². The molecule has 1 amide bonds. The van der Waals surface area contributed by atoms with E-state index in [2.05, 4.69) is 10.3 Å². The number of nitro groups is 1. The van der Waals surface area contributed by atoms with Crippen LogP contribution in [0.1, 0.15) is 35.0 Å². The Labute approximate surface area is 120 Å². The van der Waals surface area contributed by atoms with Crippen molar-refractivity contribution in [2.45, 2.75) is 19.9 Å². The monoisotopic (exact) mass is 290 g/mol. The van der Waals surface area contributed by atoms with Gasteiger partial charge >= 0.3 is 0 Å². The fraction of sp³-hybridized carbons (Fsp3) is 0.231. The van der Waals surface area contributed by atoms with Crippen LogP contribution in [0.5, 0.6) is 0 Å². The smallest absolute Gasteiger partial charge is 0.270 e. The number of hydrogen-bond donors (Lipinski definition) is 2. The van der Waals surface area contributed by atoms with Crippen LogP contribution in [0.3, 0.4) is 0 Å². The lowest BCUT2D eigenvalue weighted by molar-refractivity contribution is -0.384. The van der Waals surface area contributed by atoms with Crippen molar-refractivity contribution in [3.8, 4) is 0 Å². The molecule has 2 aromatic rings. The number of nitrogen functional groups attached to an aromatic ring is 1. The van der Waals surface area contributed by atoms with Gasteiger partial charge in [0.25, 0.3) is 11.6 Å². The number of nitrogens with two attached hydrogens (primary N) is 1. The molecule has 0 saturated heterocycles. The van der Waals surface area contributed by atoms with E-state index in [1.807, 2.05) is 0 Å². The normalized spacial score (nSPS) is 11.9. The summed E-state index contributed by atoms with van der Waals surface area (Å²) in [6.45, 7) is 3.43. The summed E-state index contributed by atoms with van der Waals surface area (Å²) >= 11 is 0. The molecule has 3 N–H and O–H groups in total. The highest BCUT2D eigenvalue weighted by Gasteiger charge is 2.19. The van der Waals surface area contributed by atoms with Crippen molar-refractivity contribution in [3.05, 3.63) is 51.7 Å². The predicted octanol–water partition coefficient (Wildman–Crippen LogP) is 1.96. The van der Waals surface area contributed by atoms with Gasteiger partial charge in [0.2, 0.25) is 5.89 Å². The molecule has 0 aliphatic carbocycles. The largest absolute Gasteiger partial charge is 0.444 e. The number of benzene rings is 1. The lowest BCUT2D eigenvalue weighted by Gasteiger charge is -2.11. The number of rotatable bonds is 4. The Balaban J connectivity index is 2.20. The number of non-ortho nitro benzene ring substituents is 1. The average Bonchev–Trinajstić information content (AvgIpc) is 2.85. The van der Waals surface area contributed by atoms with Crippen LogP contribution in [0.2, 0.25) is 0 Å². The van der Waals surface area contributed by atoms with Crippen LogP contribution in [0, 0.1) is 17.0 Å². The molecule has 21 heavy (non-hydrogen) atoms. The van der Waals surface area contributed by atoms with Crippen molar-refractivity contribution in [1.82, 2.24) is 10.3 Å². The molecule has 0 aliphatic heterocycles. The molecule has 0 spiro atoms. The molecule has 1 aromatic carbocycles. The summed E-state index contributed by atoms with van der Waals surface area (Å²) in [5, 5.41) is 13.4. The third-order valence-corrected chi connectivity index (χ3v) is 2.85. The summed E-state index contributed by atoms with van der Waals surface area (Å²) in [6.07, 6.45) is 1.54. The van der Waals surface area contributed by atoms with E-state index in [0.29, 0.717) is 11.7 Å². The Bertz CT molecular complexity index is 695. The second kappa shape index (κ2) is 5.61. The first-order valence-electron chi connectivity index (χ1n) is 6.15. The number of anilines is 1. The van der Waals surface area contributed by atoms with Crippen molar-refractivity contribution in [3.63, 3.8) is 0 Å². The van der Waals surface area contributed by atoms with Gasteiger partial charge in [0.15, 0.2) is 0 Å². The summed E-state index contributed by atoms with van der Waals surface area (Å²) in [7, 11) is 0. The van der Waals surface area contributed by atoms with Crippen molar-refractivity contribution in [2.24, 2.45) is 0 Å². The van der Waals surface area contributed by atoms with Crippen LogP contribution in [0.4, 0.5) is 11.4 Å². The Morgan fingerprint density at radius 1 is 1.52 bits per heavy atom. The molecular weight excluding hydrogens is 276 g/mol. The average molecular weight is 290 g/mol. The van der Waals surface area contributed by atoms with Gasteiger partial charge in [-0.1, -0.05) is 0 Å². The standard InChI is InChI=1S/C13H14N4O4/c1-7-6-15-13(21-7)8(2)16-12(18)10-5-9(17(19)20)3-4-11(10)14/h3-6,8H,14H2,1-2H3,(H,16,18). The molecule has 110 valence electrons. The number of nitrogens with zero attached hydrogens (tertiary/aromatic N) is 2. The first kappa shape index (κ1) is 14.5. The third-order valence-electron chi connectivity index (χ3n) is 2.85. The number of hydrogen-bond acceptors (Lipinski definition) is 6. The fourth-order valence-corrected chi connectivity index (χ4v) is 1.76. The summed E-state index contributed by atoms with van der Waals surface area (Å²) in [5.41, 5.74) is 5.69. The van der Waals surface area contributed by atoms with Crippen molar-refractivity contribution in [1.29, 1.82) is 0 Å². The number of aromatic nitrogens is 1. The highest BCUT2D eigenvalue weighted by Crippen LogP contribution is 2.21. The van der Waals surface area contributed by atoms with Gasteiger partial charge in [-0.2, -0.15) is 0 Å². The zero-order valence-corrected chi connectivity index (χ0v) is 11.5. The first-order valence-corrected chi connectivity index (χ1v) is 6.15. The Morgan fingerprint density at radius 2 is 2.24 bits per heavy atom. The Kier molecular flexibility index (Phi) is 3.88. The highest BCUT2D eigenvalue weighted by atomic mass is 16.6. The van der Waals surface area contributed by atoms with E-state index in [4.69, 9.17) is 10.2 Å². The molecule has 1 unspecified atom stereocenters. The molecule has 1 atom stereocenters. The number of carbonyl (C=O) groups is 1. The summed E-state index contributed by atoms with van der Waals surface area (Å²) in [6, 6.07) is 3.22. The van der Waals surface area contributed by atoms with Gasteiger partial charge in [0, 0.05) is 17.8 Å². The van der Waals surface area contributed by atoms with E-state index < -0.39 is 16.9 Å². The third kappa shape index (κ3) is 3.16. The number of aryl methyl sites for hydroxylation is 1. The van der Waals surface area contributed by atoms with Crippen molar-refractivity contribution < 1.29 is 14.1 Å². The van der Waals surface area contributed by atoms with Gasteiger partial charge < -0.3 is 15.5 Å². The Hall–Kier alpha value is -2.90. The zero-order chi connectivity index (χ0) is 15.6. The maximum atomic E-state index is 12.1. The van der Waals surface area contributed by atoms with E-state index in [1.54, 1.807) is 20.0 Å². The quantitative estimate of drug-likeness (QED) is 0.504. The SMILES string of the molecule is Cc1cnc(C(C)NC(=O)c2cc([N+](=O)[O-])ccc2N)o1. The number of carbonyl (C=O) groups excluding carboxylic acids is 1. The summed E-state index contributed by atoms with van der Waals surface area (Å²) < 4.78 is 5.31. The lowest BCUT2D eigenvalue weighted by Crippen LogP contribution is -2.27. The minimum absolute atomic E-state index is 0.0410. The van der Waals surface area contributed by atoms with Crippen molar-refractivity contribution in [2.75, 3.05) is 5.73 Å². The predicted molar refractivity (Wildman–Crippen MR) is 74.6 cm³/mol. The maximum Gasteiger partial charge on any atom is 0.270 e. The maximum absolute atomic E-state index is 12.1. The van der Waals surface area contributed by atoms with E-state index in [9.17, 15) is 14.9 Å². The second-order valence-electron chi connectivity index (χ2n) is 4.53. The molecule has 0 radical (unpaired) electrons. The molecule has 0 aliphatic rings. The van der Waals surface area contributed by atoms with E-state index in [-0.39, 0.29) is 16.9 Å². The van der Waals surface area contributed by atoms with E-state index in [0.717, 1.165) is 6.07 Å². The molecule has 1 heterocycles. The lowest BCUT2D eigenvalue weighted by atomic mass is 10.1. The first-order chi connectivity index (χ1) is 9.88. The van der Waals surface area contributed by atoms with Gasteiger partial charge in [-0.15, -0.1) is 0 Å². The van der Waals surface area contributed by atoms with Gasteiger partial charge in [-0.3, -0.25) is 14.9 Å². The van der Waals surface area contributed by atoms with Gasteiger partial charge in [0.1, 0.15) is 11.8 Å². The van der Waals surface area contributed by atoms with E-state index >= 15 is 0 Å². The topological polar surface area (TPSA) is 124 Å². The molecule has 8 heteroatoms. The molecule has 1 aromatic heterocycles. The Morgan fingerprint density at radius 3 is 2.81 bits per heavy atom. The van der Waals surface area contributed by atoms with Gasteiger partial charge in [-0.25, -0.2) is 4.98 Å². The summed E-state index contributed by atoms with van der Waals surface area (Å²) in [4.78, 5) is 26.3. The molecule has 0 saturated carbocycles. The van der Waals surface area contributed by atoms with Crippen LogP contribution >= 0.6 is 0 Å². The van der Waals surface area contributed by atoms with E-state index in [1.165, 1.54) is 12.1 Å². The summed E-state index contributed by atoms with van der Waals surface area (Å²) in [5.74, 6) is 0.449. The molecular formula is C13H14N4O4. The number of amides is 1. The number of oxazole rings is 1. The van der Waals surface area contributed by atoms with Gasteiger partial charge in [0.05, 0.1) is 16.7 Å². The van der Waals surface area contributed by atoms with Crippen molar-refractivity contribution >= 4 is 17.3 Å². The second-order valence-corrected chi connectivity index (χ2v) is 4.53.